The average Bonchev–Trinajstić information content (AvgIpc) is 2.26. The van der Waals surface area contributed by atoms with E-state index in [9.17, 15) is 31.4 Å². The third kappa shape index (κ3) is 6.25. The summed E-state index contributed by atoms with van der Waals surface area (Å²) in [6.45, 7) is -2.11. The lowest BCUT2D eigenvalue weighted by molar-refractivity contribution is -0.179. The molecule has 2 nitrogen and oxygen atoms in total. The van der Waals surface area contributed by atoms with Gasteiger partial charge in [0.25, 0.3) is 0 Å². The predicted molar refractivity (Wildman–Crippen MR) is 58.0 cm³/mol. The highest BCUT2D eigenvalue weighted by molar-refractivity contribution is 5.26. The first-order valence-corrected chi connectivity index (χ1v) is 5.56. The van der Waals surface area contributed by atoms with Crippen LogP contribution in [0.1, 0.15) is 11.1 Å². The molecule has 1 unspecified atom stereocenters. The van der Waals surface area contributed by atoms with E-state index in [1.54, 1.807) is 0 Å². The summed E-state index contributed by atoms with van der Waals surface area (Å²) < 4.78 is 76.9. The number of alkyl halides is 6. The highest BCUT2D eigenvalue weighted by Crippen LogP contribution is 2.29. The molecular formula is C12H12F6O2. The highest BCUT2D eigenvalue weighted by atomic mass is 19.4. The maximum absolute atomic E-state index is 12.4. The maximum Gasteiger partial charge on any atom is 0.416 e. The number of rotatable bonds is 5. The summed E-state index contributed by atoms with van der Waals surface area (Å²) in [6, 6.07) is 4.23. The van der Waals surface area contributed by atoms with Gasteiger partial charge >= 0.3 is 12.4 Å². The zero-order valence-corrected chi connectivity index (χ0v) is 10.1. The Morgan fingerprint density at radius 2 is 1.75 bits per heavy atom. The molecular weight excluding hydrogens is 290 g/mol. The van der Waals surface area contributed by atoms with E-state index in [-0.39, 0.29) is 12.0 Å². The van der Waals surface area contributed by atoms with E-state index in [1.807, 2.05) is 0 Å². The zero-order valence-electron chi connectivity index (χ0n) is 10.1. The molecule has 1 aromatic carbocycles. The quantitative estimate of drug-likeness (QED) is 0.847. The molecule has 0 aliphatic carbocycles. The van der Waals surface area contributed by atoms with Crippen LogP contribution in [0, 0.1) is 0 Å². The van der Waals surface area contributed by atoms with Crippen LogP contribution in [0.5, 0.6) is 0 Å². The molecule has 0 fully saturated rings. The minimum absolute atomic E-state index is 0.169. The van der Waals surface area contributed by atoms with E-state index < -0.39 is 37.2 Å². The lowest BCUT2D eigenvalue weighted by Crippen LogP contribution is -2.24. The summed E-state index contributed by atoms with van der Waals surface area (Å²) in [7, 11) is 0. The number of ether oxygens (including phenoxy) is 1. The Hall–Kier alpha value is -1.28. The number of aliphatic hydroxyl groups is 1. The van der Waals surface area contributed by atoms with Gasteiger partial charge in [0, 0.05) is 6.42 Å². The smallest absolute Gasteiger partial charge is 0.390 e. The first-order valence-electron chi connectivity index (χ1n) is 5.56. The third-order valence-corrected chi connectivity index (χ3v) is 2.30. The molecule has 0 radical (unpaired) electrons. The van der Waals surface area contributed by atoms with Crippen LogP contribution in [-0.2, 0) is 17.3 Å². The van der Waals surface area contributed by atoms with Crippen molar-refractivity contribution in [2.75, 3.05) is 13.2 Å². The minimum atomic E-state index is -4.51. The fourth-order valence-corrected chi connectivity index (χ4v) is 1.52. The summed E-state index contributed by atoms with van der Waals surface area (Å²) in [4.78, 5) is 0. The van der Waals surface area contributed by atoms with Crippen LogP contribution in [-0.4, -0.2) is 30.6 Å². The van der Waals surface area contributed by atoms with Gasteiger partial charge in [-0.05, 0) is 11.6 Å². The zero-order chi connectivity index (χ0) is 15.4. The Morgan fingerprint density at radius 1 is 1.10 bits per heavy atom. The molecule has 0 amide bonds. The van der Waals surface area contributed by atoms with Crippen molar-refractivity contribution in [1.82, 2.24) is 0 Å². The van der Waals surface area contributed by atoms with Gasteiger partial charge in [-0.2, -0.15) is 26.3 Å². The van der Waals surface area contributed by atoms with Crippen molar-refractivity contribution < 1.29 is 36.2 Å². The van der Waals surface area contributed by atoms with Crippen LogP contribution >= 0.6 is 0 Å². The van der Waals surface area contributed by atoms with Crippen molar-refractivity contribution >= 4 is 0 Å². The fraction of sp³-hybridized carbons (Fsp3) is 0.500. The molecule has 0 aliphatic rings. The van der Waals surface area contributed by atoms with Crippen molar-refractivity contribution in [2.45, 2.75) is 24.9 Å². The van der Waals surface area contributed by atoms with E-state index in [0.29, 0.717) is 0 Å². The van der Waals surface area contributed by atoms with Gasteiger partial charge in [0.15, 0.2) is 0 Å². The topological polar surface area (TPSA) is 29.5 Å². The van der Waals surface area contributed by atoms with Crippen molar-refractivity contribution in [2.24, 2.45) is 0 Å². The molecule has 20 heavy (non-hydrogen) atoms. The number of benzene rings is 1. The van der Waals surface area contributed by atoms with Gasteiger partial charge < -0.3 is 9.84 Å². The van der Waals surface area contributed by atoms with Crippen LogP contribution in [0.15, 0.2) is 24.3 Å². The summed E-state index contributed by atoms with van der Waals surface area (Å²) >= 11 is 0. The predicted octanol–water partition coefficient (Wildman–Crippen LogP) is 3.19. The highest BCUT2D eigenvalue weighted by Gasteiger charge is 2.30. The van der Waals surface area contributed by atoms with Gasteiger partial charge in [0.05, 0.1) is 18.3 Å². The lowest BCUT2D eigenvalue weighted by atomic mass is 10.1. The lowest BCUT2D eigenvalue weighted by Gasteiger charge is -2.14. The molecule has 8 heteroatoms. The maximum atomic E-state index is 12.4. The molecule has 0 aromatic heterocycles. The van der Waals surface area contributed by atoms with Crippen LogP contribution < -0.4 is 0 Å². The Kier molecular flexibility index (Phi) is 5.41. The van der Waals surface area contributed by atoms with E-state index in [2.05, 4.69) is 4.74 Å². The third-order valence-electron chi connectivity index (χ3n) is 2.30. The van der Waals surface area contributed by atoms with Crippen LogP contribution in [0.25, 0.3) is 0 Å². The molecule has 1 N–H and O–H groups in total. The van der Waals surface area contributed by atoms with Crippen molar-refractivity contribution in [3.05, 3.63) is 35.4 Å². The number of hydrogen-bond acceptors (Lipinski definition) is 2. The molecule has 1 rings (SSSR count). The molecule has 0 saturated heterocycles. The molecule has 0 aliphatic heterocycles. The Balaban J connectivity index is 2.52. The Morgan fingerprint density at radius 3 is 2.30 bits per heavy atom. The van der Waals surface area contributed by atoms with Gasteiger partial charge in [0.1, 0.15) is 6.61 Å². The second-order valence-electron chi connectivity index (χ2n) is 4.19. The molecule has 0 saturated carbocycles. The van der Waals surface area contributed by atoms with Crippen molar-refractivity contribution in [3.63, 3.8) is 0 Å². The fourth-order valence-electron chi connectivity index (χ4n) is 1.52. The summed E-state index contributed by atoms with van der Waals surface area (Å²) in [5.41, 5.74) is -0.707. The summed E-state index contributed by atoms with van der Waals surface area (Å²) in [5, 5.41) is 9.42. The van der Waals surface area contributed by atoms with E-state index in [4.69, 9.17) is 0 Å². The van der Waals surface area contributed by atoms with Gasteiger partial charge in [-0.1, -0.05) is 18.2 Å². The first-order chi connectivity index (χ1) is 9.08. The van der Waals surface area contributed by atoms with Gasteiger partial charge in [-0.15, -0.1) is 0 Å². The number of aliphatic hydroxyl groups excluding tert-OH is 1. The van der Waals surface area contributed by atoms with Crippen molar-refractivity contribution in [1.29, 1.82) is 0 Å². The summed E-state index contributed by atoms with van der Waals surface area (Å²) in [6.07, 6.45) is -10.5. The van der Waals surface area contributed by atoms with E-state index in [1.165, 1.54) is 12.1 Å². The van der Waals surface area contributed by atoms with Crippen LogP contribution in [0.4, 0.5) is 26.3 Å². The monoisotopic (exact) mass is 302 g/mol. The largest absolute Gasteiger partial charge is 0.416 e. The second-order valence-corrected chi connectivity index (χ2v) is 4.19. The molecule has 0 spiro atoms. The first kappa shape index (κ1) is 16.8. The van der Waals surface area contributed by atoms with Gasteiger partial charge in [0.2, 0.25) is 0 Å². The molecule has 0 heterocycles. The summed E-state index contributed by atoms with van der Waals surface area (Å²) in [5.74, 6) is 0. The van der Waals surface area contributed by atoms with Crippen molar-refractivity contribution in [3.8, 4) is 0 Å². The SMILES string of the molecule is OC(COCC(F)(F)F)Cc1cccc(C(F)(F)F)c1. The average molecular weight is 302 g/mol. The Labute approximate surface area is 111 Å². The standard InChI is InChI=1S/C12H12F6O2/c13-11(14,15)7-20-6-10(19)5-8-2-1-3-9(4-8)12(16,17)18/h1-4,10,19H,5-7H2. The van der Waals surface area contributed by atoms with Gasteiger partial charge in [-0.3, -0.25) is 0 Å². The second kappa shape index (κ2) is 6.45. The number of hydrogen-bond donors (Lipinski definition) is 1. The van der Waals surface area contributed by atoms with Crippen LogP contribution in [0.2, 0.25) is 0 Å². The van der Waals surface area contributed by atoms with E-state index in [0.717, 1.165) is 12.1 Å². The normalized spacial score (nSPS) is 14.3. The van der Waals surface area contributed by atoms with E-state index >= 15 is 0 Å². The Bertz CT molecular complexity index is 427. The molecule has 114 valence electrons. The molecule has 0 bridgehead atoms. The number of halogens is 6. The minimum Gasteiger partial charge on any atom is -0.390 e. The molecule has 1 aromatic rings. The van der Waals surface area contributed by atoms with Crippen LogP contribution in [0.3, 0.4) is 0 Å². The molecule has 1 atom stereocenters. The van der Waals surface area contributed by atoms with Gasteiger partial charge in [-0.25, -0.2) is 0 Å².